The molecule has 0 radical (unpaired) electrons. The highest BCUT2D eigenvalue weighted by Gasteiger charge is 2.48. The number of nitrogens with one attached hydrogen (secondary N) is 1. The molecule has 0 aromatic heterocycles. The predicted octanol–water partition coefficient (Wildman–Crippen LogP) is 2.95. The van der Waals surface area contributed by atoms with Crippen LogP contribution in [-0.2, 0) is 0 Å². The summed E-state index contributed by atoms with van der Waals surface area (Å²) in [6, 6.07) is 8.24. The maximum atomic E-state index is 6.19. The van der Waals surface area contributed by atoms with E-state index in [0.29, 0.717) is 11.5 Å². The fourth-order valence-electron chi connectivity index (χ4n) is 2.51. The van der Waals surface area contributed by atoms with Gasteiger partial charge < -0.3 is 5.32 Å². The summed E-state index contributed by atoms with van der Waals surface area (Å²) in [6.07, 6.45) is 3.98. The fraction of sp³-hybridized carbons (Fsp3) is 0.500. The van der Waals surface area contributed by atoms with Gasteiger partial charge in [-0.3, -0.25) is 0 Å². The van der Waals surface area contributed by atoms with Gasteiger partial charge in [0.05, 0.1) is 0 Å². The zero-order valence-corrected chi connectivity index (χ0v) is 8.85. The summed E-state index contributed by atoms with van der Waals surface area (Å²) in [5, 5.41) is 4.55. The van der Waals surface area contributed by atoms with Crippen molar-refractivity contribution < 1.29 is 0 Å². The van der Waals surface area contributed by atoms with E-state index >= 15 is 0 Å². The maximum absolute atomic E-state index is 6.19. The molecular formula is C12H14ClN. The van der Waals surface area contributed by atoms with Crippen LogP contribution >= 0.6 is 11.6 Å². The molecule has 1 saturated heterocycles. The van der Waals surface area contributed by atoms with Gasteiger partial charge in [-0.25, -0.2) is 0 Å². The first-order valence-corrected chi connectivity index (χ1v) is 5.66. The van der Waals surface area contributed by atoms with E-state index < -0.39 is 0 Å². The quantitative estimate of drug-likeness (QED) is 0.747. The maximum Gasteiger partial charge on any atom is 0.0441 e. The van der Waals surface area contributed by atoms with Gasteiger partial charge in [-0.05, 0) is 36.8 Å². The van der Waals surface area contributed by atoms with Crippen molar-refractivity contribution in [2.24, 2.45) is 0 Å². The largest absolute Gasteiger partial charge is 0.311 e. The second kappa shape index (κ2) is 2.98. The first-order valence-electron chi connectivity index (χ1n) is 5.29. The second-order valence-electron chi connectivity index (χ2n) is 4.58. The van der Waals surface area contributed by atoms with Crippen LogP contribution in [0.4, 0.5) is 0 Å². The van der Waals surface area contributed by atoms with Crippen LogP contribution in [0, 0.1) is 0 Å². The summed E-state index contributed by atoms with van der Waals surface area (Å²) in [5.41, 5.74) is 1.83. The lowest BCUT2D eigenvalue weighted by molar-refractivity contribution is 0.595. The van der Waals surface area contributed by atoms with Gasteiger partial charge in [-0.2, -0.15) is 0 Å². The molecule has 1 atom stereocenters. The molecule has 1 heterocycles. The Bertz CT molecular complexity index is 357. The highest BCUT2D eigenvalue weighted by Crippen LogP contribution is 2.48. The third-order valence-corrected chi connectivity index (χ3v) is 3.90. The van der Waals surface area contributed by atoms with Crippen LogP contribution in [0.15, 0.2) is 24.3 Å². The monoisotopic (exact) mass is 207 g/mol. The highest BCUT2D eigenvalue weighted by atomic mass is 35.5. The molecule has 1 aromatic carbocycles. The predicted molar refractivity (Wildman–Crippen MR) is 58.8 cm³/mol. The van der Waals surface area contributed by atoms with Crippen molar-refractivity contribution in [3.05, 3.63) is 34.9 Å². The Labute approximate surface area is 89.5 Å². The highest BCUT2D eigenvalue weighted by molar-refractivity contribution is 6.31. The number of rotatable bonds is 1. The van der Waals surface area contributed by atoms with E-state index in [4.69, 9.17) is 11.6 Å². The van der Waals surface area contributed by atoms with E-state index in [0.717, 1.165) is 11.6 Å². The molecule has 1 N–H and O–H groups in total. The average molecular weight is 208 g/mol. The summed E-state index contributed by atoms with van der Waals surface area (Å²) in [5.74, 6) is 0.631. The third-order valence-electron chi connectivity index (χ3n) is 3.56. The molecule has 1 unspecified atom stereocenters. The Morgan fingerprint density at radius 3 is 2.71 bits per heavy atom. The normalized spacial score (nSPS) is 28.2. The van der Waals surface area contributed by atoms with Gasteiger partial charge >= 0.3 is 0 Å². The van der Waals surface area contributed by atoms with Crippen molar-refractivity contribution in [3.63, 3.8) is 0 Å². The summed E-state index contributed by atoms with van der Waals surface area (Å²) in [4.78, 5) is 0. The fourth-order valence-corrected chi connectivity index (χ4v) is 2.80. The lowest BCUT2D eigenvalue weighted by Gasteiger charge is -2.10. The molecule has 3 rings (SSSR count). The average Bonchev–Trinajstić information content (AvgIpc) is 2.79. The number of benzene rings is 1. The molecule has 0 amide bonds. The van der Waals surface area contributed by atoms with Gasteiger partial charge in [0, 0.05) is 17.1 Å². The van der Waals surface area contributed by atoms with Crippen LogP contribution in [0.25, 0.3) is 0 Å². The van der Waals surface area contributed by atoms with Gasteiger partial charge in [-0.1, -0.05) is 29.8 Å². The SMILES string of the molecule is Clc1ccccc1C1CNC2(CC2)C1. The van der Waals surface area contributed by atoms with Crippen LogP contribution < -0.4 is 5.32 Å². The third kappa shape index (κ3) is 1.35. The summed E-state index contributed by atoms with van der Waals surface area (Å²) in [6.45, 7) is 1.10. The number of halogens is 1. The van der Waals surface area contributed by atoms with Crippen molar-refractivity contribution in [2.75, 3.05) is 6.54 Å². The van der Waals surface area contributed by atoms with Crippen molar-refractivity contribution in [1.29, 1.82) is 0 Å². The molecule has 0 bridgehead atoms. The molecule has 1 aliphatic heterocycles. The topological polar surface area (TPSA) is 12.0 Å². The van der Waals surface area contributed by atoms with E-state index in [2.05, 4.69) is 17.4 Å². The minimum absolute atomic E-state index is 0.504. The smallest absolute Gasteiger partial charge is 0.0441 e. The molecule has 2 aliphatic rings. The second-order valence-corrected chi connectivity index (χ2v) is 4.99. The van der Waals surface area contributed by atoms with Crippen molar-refractivity contribution >= 4 is 11.6 Å². The van der Waals surface area contributed by atoms with E-state index in [1.807, 2.05) is 12.1 Å². The van der Waals surface area contributed by atoms with Crippen LogP contribution in [0.1, 0.15) is 30.7 Å². The summed E-state index contributed by atoms with van der Waals surface area (Å²) < 4.78 is 0. The number of hydrogen-bond donors (Lipinski definition) is 1. The van der Waals surface area contributed by atoms with Gasteiger partial charge in [0.2, 0.25) is 0 Å². The van der Waals surface area contributed by atoms with E-state index in [1.54, 1.807) is 0 Å². The van der Waals surface area contributed by atoms with Crippen LogP contribution in [-0.4, -0.2) is 12.1 Å². The van der Waals surface area contributed by atoms with Crippen LogP contribution in [0.3, 0.4) is 0 Å². The standard InChI is InChI=1S/C12H14ClN/c13-11-4-2-1-3-10(11)9-7-12(5-6-12)14-8-9/h1-4,9,14H,5-8H2. The van der Waals surface area contributed by atoms with E-state index in [1.165, 1.54) is 24.8 Å². The van der Waals surface area contributed by atoms with Crippen molar-refractivity contribution in [1.82, 2.24) is 5.32 Å². The van der Waals surface area contributed by atoms with E-state index in [-0.39, 0.29) is 0 Å². The molecule has 2 heteroatoms. The first kappa shape index (κ1) is 8.75. The molecule has 2 fully saturated rings. The molecule has 1 spiro atoms. The zero-order valence-electron chi connectivity index (χ0n) is 8.09. The summed E-state index contributed by atoms with van der Waals surface area (Å²) in [7, 11) is 0. The van der Waals surface area contributed by atoms with Crippen LogP contribution in [0.5, 0.6) is 0 Å². The van der Waals surface area contributed by atoms with Gasteiger partial charge in [0.1, 0.15) is 0 Å². The molecule has 14 heavy (non-hydrogen) atoms. The van der Waals surface area contributed by atoms with Crippen molar-refractivity contribution in [2.45, 2.75) is 30.7 Å². The molecule has 1 nitrogen and oxygen atoms in total. The molecule has 74 valence electrons. The van der Waals surface area contributed by atoms with Gasteiger partial charge in [0.25, 0.3) is 0 Å². The van der Waals surface area contributed by atoms with Gasteiger partial charge in [0.15, 0.2) is 0 Å². The molecule has 1 saturated carbocycles. The minimum Gasteiger partial charge on any atom is -0.311 e. The Morgan fingerprint density at radius 2 is 2.07 bits per heavy atom. The lowest BCUT2D eigenvalue weighted by atomic mass is 9.95. The van der Waals surface area contributed by atoms with Crippen molar-refractivity contribution in [3.8, 4) is 0 Å². The zero-order chi connectivity index (χ0) is 9.60. The number of hydrogen-bond acceptors (Lipinski definition) is 1. The Kier molecular flexibility index (Phi) is 1.86. The van der Waals surface area contributed by atoms with Gasteiger partial charge in [-0.15, -0.1) is 0 Å². The lowest BCUT2D eigenvalue weighted by Crippen LogP contribution is -2.22. The molecular weight excluding hydrogens is 194 g/mol. The van der Waals surface area contributed by atoms with E-state index in [9.17, 15) is 0 Å². The Hall–Kier alpha value is -0.530. The minimum atomic E-state index is 0.504. The Morgan fingerprint density at radius 1 is 1.29 bits per heavy atom. The Balaban J connectivity index is 1.86. The molecule has 1 aliphatic carbocycles. The first-order chi connectivity index (χ1) is 6.79. The molecule has 1 aromatic rings. The summed E-state index contributed by atoms with van der Waals surface area (Å²) >= 11 is 6.19. The van der Waals surface area contributed by atoms with Crippen LogP contribution in [0.2, 0.25) is 5.02 Å².